The Hall–Kier alpha value is -1.13. The van der Waals surface area contributed by atoms with E-state index in [0.29, 0.717) is 11.3 Å². The highest BCUT2D eigenvalue weighted by Gasteiger charge is 2.08. The van der Waals surface area contributed by atoms with Crippen LogP contribution in [0.25, 0.3) is 0 Å². The van der Waals surface area contributed by atoms with Gasteiger partial charge < -0.3 is 4.74 Å². The number of ether oxygens (including phenoxy) is 1. The monoisotopic (exact) mass is 368 g/mol. The molecule has 0 fully saturated rings. The van der Waals surface area contributed by atoms with Crippen LogP contribution < -0.4 is 4.74 Å². The molecule has 0 heterocycles. The molecule has 0 spiro atoms. The van der Waals surface area contributed by atoms with Crippen LogP contribution in [-0.2, 0) is 5.33 Å². The van der Waals surface area contributed by atoms with Gasteiger partial charge in [-0.1, -0.05) is 50.1 Å². The molecular formula is C14H10Br2O2. The van der Waals surface area contributed by atoms with Gasteiger partial charge in [-0.2, -0.15) is 0 Å². The summed E-state index contributed by atoms with van der Waals surface area (Å²) in [6.45, 7) is 0. The van der Waals surface area contributed by atoms with Crippen molar-refractivity contribution in [1.29, 1.82) is 0 Å². The van der Waals surface area contributed by atoms with Gasteiger partial charge in [0.15, 0.2) is 0 Å². The maximum Gasteiger partial charge on any atom is 0.343 e. The molecule has 0 aliphatic carbocycles. The van der Waals surface area contributed by atoms with E-state index in [-0.39, 0.29) is 5.97 Å². The van der Waals surface area contributed by atoms with Crippen LogP contribution in [0.2, 0.25) is 0 Å². The highest BCUT2D eigenvalue weighted by atomic mass is 79.9. The number of alkyl halides is 1. The molecule has 0 radical (unpaired) electrons. The zero-order valence-electron chi connectivity index (χ0n) is 9.40. The molecule has 2 nitrogen and oxygen atoms in total. The lowest BCUT2D eigenvalue weighted by Gasteiger charge is -2.05. The molecule has 0 atom stereocenters. The molecule has 0 unspecified atom stereocenters. The van der Waals surface area contributed by atoms with Crippen LogP contribution in [0, 0.1) is 0 Å². The number of halogens is 2. The van der Waals surface area contributed by atoms with E-state index in [4.69, 9.17) is 4.74 Å². The second kappa shape index (κ2) is 6.16. The van der Waals surface area contributed by atoms with Crippen molar-refractivity contribution in [2.24, 2.45) is 0 Å². The Bertz CT molecular complexity index is 550. The van der Waals surface area contributed by atoms with Gasteiger partial charge in [-0.15, -0.1) is 0 Å². The summed E-state index contributed by atoms with van der Waals surface area (Å²) in [6, 6.07) is 14.5. The summed E-state index contributed by atoms with van der Waals surface area (Å²) >= 11 is 6.69. The van der Waals surface area contributed by atoms with Crippen molar-refractivity contribution >= 4 is 37.8 Å². The first-order valence-corrected chi connectivity index (χ1v) is 7.23. The van der Waals surface area contributed by atoms with Gasteiger partial charge in [-0.3, -0.25) is 0 Å². The average Bonchev–Trinajstić information content (AvgIpc) is 2.39. The average molecular weight is 370 g/mol. The number of benzene rings is 2. The molecule has 0 saturated heterocycles. The Balaban J connectivity index is 2.11. The van der Waals surface area contributed by atoms with E-state index >= 15 is 0 Å². The summed E-state index contributed by atoms with van der Waals surface area (Å²) < 4.78 is 6.13. The van der Waals surface area contributed by atoms with E-state index in [1.807, 2.05) is 18.2 Å². The van der Waals surface area contributed by atoms with Crippen LogP contribution in [-0.4, -0.2) is 5.97 Å². The summed E-state index contributed by atoms with van der Waals surface area (Å²) in [7, 11) is 0. The quantitative estimate of drug-likeness (QED) is 0.450. The van der Waals surface area contributed by atoms with E-state index < -0.39 is 0 Å². The third kappa shape index (κ3) is 3.43. The van der Waals surface area contributed by atoms with E-state index in [9.17, 15) is 4.79 Å². The lowest BCUT2D eigenvalue weighted by molar-refractivity contribution is 0.0734. The number of carbonyl (C=O) groups excluding carboxylic acids is 1. The first-order chi connectivity index (χ1) is 8.69. The number of carbonyl (C=O) groups is 1. The van der Waals surface area contributed by atoms with Crippen molar-refractivity contribution < 1.29 is 9.53 Å². The Kier molecular flexibility index (Phi) is 4.55. The molecule has 2 rings (SSSR count). The van der Waals surface area contributed by atoms with Gasteiger partial charge in [0.1, 0.15) is 5.75 Å². The molecule has 0 aliphatic rings. The number of esters is 1. The molecular weight excluding hydrogens is 360 g/mol. The summed E-state index contributed by atoms with van der Waals surface area (Å²) in [6.07, 6.45) is 0. The summed E-state index contributed by atoms with van der Waals surface area (Å²) in [5, 5.41) is 0.785. The predicted octanol–water partition coefficient (Wildman–Crippen LogP) is 4.56. The fourth-order valence-corrected chi connectivity index (χ4v) is 2.20. The van der Waals surface area contributed by atoms with Crippen LogP contribution in [0.15, 0.2) is 53.0 Å². The Morgan fingerprint density at radius 1 is 1.11 bits per heavy atom. The summed E-state index contributed by atoms with van der Waals surface area (Å²) in [5.41, 5.74) is 1.66. The molecule has 0 aliphatic heterocycles. The lowest BCUT2D eigenvalue weighted by atomic mass is 10.2. The van der Waals surface area contributed by atoms with Gasteiger partial charge in [0.05, 0.1) is 5.56 Å². The molecule has 2 aromatic carbocycles. The van der Waals surface area contributed by atoms with Crippen molar-refractivity contribution in [3.63, 3.8) is 0 Å². The van der Waals surface area contributed by atoms with Crippen molar-refractivity contribution in [1.82, 2.24) is 0 Å². The topological polar surface area (TPSA) is 26.3 Å². The minimum atomic E-state index is -0.358. The van der Waals surface area contributed by atoms with Crippen molar-refractivity contribution in [3.8, 4) is 5.75 Å². The maximum atomic E-state index is 11.9. The highest BCUT2D eigenvalue weighted by molar-refractivity contribution is 9.10. The summed E-state index contributed by atoms with van der Waals surface area (Å²) in [5.74, 6) is 0.188. The highest BCUT2D eigenvalue weighted by Crippen LogP contribution is 2.17. The largest absolute Gasteiger partial charge is 0.423 e. The third-order valence-electron chi connectivity index (χ3n) is 2.35. The Labute approximate surface area is 122 Å². The number of hydrogen-bond acceptors (Lipinski definition) is 2. The number of hydrogen-bond donors (Lipinski definition) is 0. The van der Waals surface area contributed by atoms with Gasteiger partial charge in [-0.25, -0.2) is 4.79 Å². The predicted molar refractivity (Wildman–Crippen MR) is 78.2 cm³/mol. The zero-order valence-corrected chi connectivity index (χ0v) is 12.6. The molecule has 0 bridgehead atoms. The fourth-order valence-electron chi connectivity index (χ4n) is 1.43. The van der Waals surface area contributed by atoms with Crippen LogP contribution >= 0.6 is 31.9 Å². The Morgan fingerprint density at radius 3 is 2.44 bits per heavy atom. The molecule has 0 N–H and O–H groups in total. The first kappa shape index (κ1) is 13.3. The molecule has 0 saturated carbocycles. The van der Waals surface area contributed by atoms with Crippen LogP contribution in [0.1, 0.15) is 15.9 Å². The lowest BCUT2D eigenvalue weighted by Crippen LogP contribution is -2.08. The minimum Gasteiger partial charge on any atom is -0.423 e. The van der Waals surface area contributed by atoms with Crippen LogP contribution in [0.4, 0.5) is 0 Å². The minimum absolute atomic E-state index is 0.358. The molecule has 4 heteroatoms. The normalized spacial score (nSPS) is 10.1. The molecule has 0 amide bonds. The van der Waals surface area contributed by atoms with Gasteiger partial charge in [-0.05, 0) is 35.9 Å². The summed E-state index contributed by atoms with van der Waals surface area (Å²) in [4.78, 5) is 11.9. The molecule has 18 heavy (non-hydrogen) atoms. The van der Waals surface area contributed by atoms with Crippen molar-refractivity contribution in [2.75, 3.05) is 0 Å². The van der Waals surface area contributed by atoms with E-state index in [1.165, 1.54) is 0 Å². The van der Waals surface area contributed by atoms with Crippen molar-refractivity contribution in [3.05, 3.63) is 64.1 Å². The Morgan fingerprint density at radius 2 is 1.83 bits per heavy atom. The smallest absolute Gasteiger partial charge is 0.343 e. The zero-order chi connectivity index (χ0) is 13.0. The molecule has 0 aromatic heterocycles. The second-order valence-corrected chi connectivity index (χ2v) is 5.15. The maximum absolute atomic E-state index is 11.9. The van der Waals surface area contributed by atoms with Gasteiger partial charge in [0, 0.05) is 9.80 Å². The van der Waals surface area contributed by atoms with E-state index in [1.54, 1.807) is 30.3 Å². The van der Waals surface area contributed by atoms with Crippen LogP contribution in [0.5, 0.6) is 5.75 Å². The van der Waals surface area contributed by atoms with Gasteiger partial charge in [0.25, 0.3) is 0 Å². The standard InChI is InChI=1S/C14H10Br2O2/c15-9-10-4-6-13(7-5-10)18-14(17)11-2-1-3-12(16)8-11/h1-8H,9H2. The number of rotatable bonds is 3. The fraction of sp³-hybridized carbons (Fsp3) is 0.0714. The molecule has 92 valence electrons. The first-order valence-electron chi connectivity index (χ1n) is 5.31. The third-order valence-corrected chi connectivity index (χ3v) is 3.49. The van der Waals surface area contributed by atoms with Gasteiger partial charge >= 0.3 is 5.97 Å². The van der Waals surface area contributed by atoms with E-state index in [0.717, 1.165) is 15.4 Å². The second-order valence-electron chi connectivity index (χ2n) is 3.68. The van der Waals surface area contributed by atoms with Crippen molar-refractivity contribution in [2.45, 2.75) is 5.33 Å². The SMILES string of the molecule is O=C(Oc1ccc(CBr)cc1)c1cccc(Br)c1. The van der Waals surface area contributed by atoms with E-state index in [2.05, 4.69) is 31.9 Å². The van der Waals surface area contributed by atoms with Gasteiger partial charge in [0.2, 0.25) is 0 Å². The molecule has 2 aromatic rings. The van der Waals surface area contributed by atoms with Crippen LogP contribution in [0.3, 0.4) is 0 Å².